The molecular formula is C14H26N2O3. The molecule has 0 aromatic heterocycles. The molecule has 2 atom stereocenters. The second-order valence-electron chi connectivity index (χ2n) is 5.65. The van der Waals surface area contributed by atoms with E-state index in [1.807, 2.05) is 0 Å². The number of nitrogens with one attached hydrogen (secondary N) is 1. The van der Waals surface area contributed by atoms with E-state index in [0.717, 1.165) is 51.9 Å². The lowest BCUT2D eigenvalue weighted by Gasteiger charge is -2.25. The quantitative estimate of drug-likeness (QED) is 0.656. The molecule has 0 aromatic carbocycles. The Kier molecular flexibility index (Phi) is 5.60. The van der Waals surface area contributed by atoms with E-state index in [1.165, 1.54) is 0 Å². The van der Waals surface area contributed by atoms with Gasteiger partial charge in [0.25, 0.3) is 0 Å². The first kappa shape index (κ1) is 14.8. The van der Waals surface area contributed by atoms with E-state index >= 15 is 0 Å². The Morgan fingerprint density at radius 1 is 1.47 bits per heavy atom. The third-order valence-corrected chi connectivity index (χ3v) is 3.98. The number of carboxylic acids is 1. The monoisotopic (exact) mass is 270 g/mol. The third-order valence-electron chi connectivity index (χ3n) is 3.98. The molecule has 1 aliphatic heterocycles. The number of aliphatic carboxylic acids is 1. The Morgan fingerprint density at radius 3 is 2.79 bits per heavy atom. The summed E-state index contributed by atoms with van der Waals surface area (Å²) in [7, 11) is 0. The fourth-order valence-corrected chi connectivity index (χ4v) is 2.58. The van der Waals surface area contributed by atoms with Gasteiger partial charge in [0.05, 0.1) is 6.10 Å². The first-order valence-electron chi connectivity index (χ1n) is 7.52. The zero-order chi connectivity index (χ0) is 13.7. The van der Waals surface area contributed by atoms with Gasteiger partial charge in [0.2, 0.25) is 0 Å². The first-order chi connectivity index (χ1) is 9.19. The highest BCUT2D eigenvalue weighted by atomic mass is 16.5. The van der Waals surface area contributed by atoms with Crippen molar-refractivity contribution in [3.8, 4) is 0 Å². The molecule has 0 bridgehead atoms. The topological polar surface area (TPSA) is 61.8 Å². The summed E-state index contributed by atoms with van der Waals surface area (Å²) < 4.78 is 5.64. The zero-order valence-electron chi connectivity index (χ0n) is 11.8. The van der Waals surface area contributed by atoms with E-state index in [0.29, 0.717) is 18.6 Å². The summed E-state index contributed by atoms with van der Waals surface area (Å²) in [5.41, 5.74) is 0. The van der Waals surface area contributed by atoms with Gasteiger partial charge < -0.3 is 20.1 Å². The van der Waals surface area contributed by atoms with E-state index in [1.54, 1.807) is 0 Å². The zero-order valence-corrected chi connectivity index (χ0v) is 11.8. The molecule has 5 heteroatoms. The summed E-state index contributed by atoms with van der Waals surface area (Å²) in [5, 5.41) is 12.4. The first-order valence-corrected chi connectivity index (χ1v) is 7.52. The van der Waals surface area contributed by atoms with Crippen LogP contribution in [0.3, 0.4) is 0 Å². The molecule has 2 rings (SSSR count). The molecule has 2 aliphatic rings. The summed E-state index contributed by atoms with van der Waals surface area (Å²) >= 11 is 0. The van der Waals surface area contributed by atoms with Crippen molar-refractivity contribution in [2.24, 2.45) is 0 Å². The van der Waals surface area contributed by atoms with Crippen molar-refractivity contribution in [3.63, 3.8) is 0 Å². The highest BCUT2D eigenvalue weighted by Gasteiger charge is 2.28. The SMILES string of the molecule is CCN(CCC(NC1CC1)C(=O)O)CC1CCCO1. The third kappa shape index (κ3) is 5.09. The Balaban J connectivity index is 1.71. The van der Waals surface area contributed by atoms with Crippen molar-refractivity contribution in [2.45, 2.75) is 57.2 Å². The normalized spacial score (nSPS) is 24.8. The van der Waals surface area contributed by atoms with Crippen molar-refractivity contribution >= 4 is 5.97 Å². The molecule has 1 heterocycles. The molecule has 19 heavy (non-hydrogen) atoms. The lowest BCUT2D eigenvalue weighted by molar-refractivity contribution is -0.139. The van der Waals surface area contributed by atoms with Gasteiger partial charge in [0.15, 0.2) is 0 Å². The molecule has 5 nitrogen and oxygen atoms in total. The van der Waals surface area contributed by atoms with Crippen LogP contribution in [-0.4, -0.2) is 60.4 Å². The maximum Gasteiger partial charge on any atom is 0.320 e. The van der Waals surface area contributed by atoms with E-state index in [4.69, 9.17) is 4.74 Å². The molecule has 2 fully saturated rings. The van der Waals surface area contributed by atoms with Crippen LogP contribution in [0, 0.1) is 0 Å². The van der Waals surface area contributed by atoms with Crippen LogP contribution in [0.25, 0.3) is 0 Å². The summed E-state index contributed by atoms with van der Waals surface area (Å²) in [6.07, 6.45) is 5.56. The van der Waals surface area contributed by atoms with Gasteiger partial charge in [0, 0.05) is 25.7 Å². The van der Waals surface area contributed by atoms with E-state index < -0.39 is 12.0 Å². The number of hydrogen-bond donors (Lipinski definition) is 2. The van der Waals surface area contributed by atoms with E-state index in [2.05, 4.69) is 17.1 Å². The summed E-state index contributed by atoms with van der Waals surface area (Å²) in [6.45, 7) is 5.72. The Morgan fingerprint density at radius 2 is 2.26 bits per heavy atom. The van der Waals surface area contributed by atoms with Gasteiger partial charge in [0.1, 0.15) is 6.04 Å². The predicted octanol–water partition coefficient (Wildman–Crippen LogP) is 1.08. The fraction of sp³-hybridized carbons (Fsp3) is 0.929. The van der Waals surface area contributed by atoms with Gasteiger partial charge in [-0.25, -0.2) is 0 Å². The molecule has 0 radical (unpaired) electrons. The fourth-order valence-electron chi connectivity index (χ4n) is 2.58. The second-order valence-corrected chi connectivity index (χ2v) is 5.65. The molecule has 0 aromatic rings. The average molecular weight is 270 g/mol. The number of carboxylic acid groups (broad SMARTS) is 1. The predicted molar refractivity (Wildman–Crippen MR) is 73.3 cm³/mol. The molecule has 2 unspecified atom stereocenters. The van der Waals surface area contributed by atoms with Crippen molar-refractivity contribution < 1.29 is 14.6 Å². The number of nitrogens with zero attached hydrogens (tertiary/aromatic N) is 1. The van der Waals surface area contributed by atoms with E-state index in [9.17, 15) is 9.90 Å². The molecule has 1 aliphatic carbocycles. The van der Waals surface area contributed by atoms with Crippen LogP contribution in [0.1, 0.15) is 39.0 Å². The molecule has 0 spiro atoms. The number of hydrogen-bond acceptors (Lipinski definition) is 4. The smallest absolute Gasteiger partial charge is 0.320 e. The lowest BCUT2D eigenvalue weighted by Crippen LogP contribution is -2.42. The van der Waals surface area contributed by atoms with Gasteiger partial charge in [-0.3, -0.25) is 4.79 Å². The van der Waals surface area contributed by atoms with Crippen LogP contribution in [0.4, 0.5) is 0 Å². The van der Waals surface area contributed by atoms with Crippen LogP contribution in [0.15, 0.2) is 0 Å². The van der Waals surface area contributed by atoms with Crippen molar-refractivity contribution in [3.05, 3.63) is 0 Å². The van der Waals surface area contributed by atoms with Crippen LogP contribution < -0.4 is 5.32 Å². The molecular weight excluding hydrogens is 244 g/mol. The molecule has 1 saturated heterocycles. The number of rotatable bonds is 9. The van der Waals surface area contributed by atoms with Crippen molar-refractivity contribution in [2.75, 3.05) is 26.2 Å². The minimum Gasteiger partial charge on any atom is -0.480 e. The largest absolute Gasteiger partial charge is 0.480 e. The summed E-state index contributed by atoms with van der Waals surface area (Å²) in [6, 6.07) is 0.0420. The standard InChI is InChI=1S/C14H26N2O3/c1-2-16(10-12-4-3-9-19-12)8-7-13(14(17)18)15-11-5-6-11/h11-13,15H,2-10H2,1H3,(H,17,18). The van der Waals surface area contributed by atoms with Crippen molar-refractivity contribution in [1.82, 2.24) is 10.2 Å². The van der Waals surface area contributed by atoms with Gasteiger partial charge in [-0.2, -0.15) is 0 Å². The lowest BCUT2D eigenvalue weighted by atomic mass is 10.1. The average Bonchev–Trinajstić information content (AvgIpc) is 3.06. The minimum absolute atomic E-state index is 0.347. The molecule has 0 amide bonds. The molecule has 1 saturated carbocycles. The maximum atomic E-state index is 11.2. The van der Waals surface area contributed by atoms with Crippen LogP contribution in [0.2, 0.25) is 0 Å². The summed E-state index contributed by atoms with van der Waals surface area (Å²) in [5.74, 6) is -0.722. The molecule has 2 N–H and O–H groups in total. The highest BCUT2D eigenvalue weighted by Crippen LogP contribution is 2.20. The second kappa shape index (κ2) is 7.22. The Bertz CT molecular complexity index is 288. The molecule has 110 valence electrons. The minimum atomic E-state index is -0.722. The maximum absolute atomic E-state index is 11.2. The Hall–Kier alpha value is -0.650. The van der Waals surface area contributed by atoms with Crippen molar-refractivity contribution in [1.29, 1.82) is 0 Å². The number of likely N-dealkylation sites (N-methyl/N-ethyl adjacent to an activating group) is 1. The number of carbonyl (C=O) groups is 1. The van der Waals surface area contributed by atoms with Gasteiger partial charge in [-0.1, -0.05) is 6.92 Å². The van der Waals surface area contributed by atoms with Crippen LogP contribution in [0.5, 0.6) is 0 Å². The Labute approximate surface area is 115 Å². The van der Waals surface area contributed by atoms with Crippen LogP contribution in [-0.2, 0) is 9.53 Å². The van der Waals surface area contributed by atoms with Gasteiger partial charge >= 0.3 is 5.97 Å². The highest BCUT2D eigenvalue weighted by molar-refractivity contribution is 5.73. The van der Waals surface area contributed by atoms with E-state index in [-0.39, 0.29) is 0 Å². The van der Waals surface area contributed by atoms with Crippen LogP contribution >= 0.6 is 0 Å². The van der Waals surface area contributed by atoms with Gasteiger partial charge in [-0.05, 0) is 38.6 Å². The summed E-state index contributed by atoms with van der Waals surface area (Å²) in [4.78, 5) is 13.5. The van der Waals surface area contributed by atoms with Gasteiger partial charge in [-0.15, -0.1) is 0 Å². The number of ether oxygens (including phenoxy) is 1.